The molecular weight excluding hydrogens is 511 g/mol. The summed E-state index contributed by atoms with van der Waals surface area (Å²) in [5.41, 5.74) is 0.583. The van der Waals surface area contributed by atoms with Gasteiger partial charge < -0.3 is 19.9 Å². The van der Waals surface area contributed by atoms with Gasteiger partial charge in [0.05, 0.1) is 27.8 Å². The molecule has 4 aromatic rings. The van der Waals surface area contributed by atoms with Crippen LogP contribution in [0.5, 0.6) is 0 Å². The van der Waals surface area contributed by atoms with Crippen LogP contribution in [0.2, 0.25) is 0 Å². The van der Waals surface area contributed by atoms with E-state index in [4.69, 9.17) is 4.74 Å². The first-order valence-corrected chi connectivity index (χ1v) is 11.5. The molecule has 0 aliphatic heterocycles. The molecule has 39 heavy (non-hydrogen) atoms. The SMILES string of the molecule is C=CC(=O)Nc1ccc(C(=O)Nc2cccc(-c3cc4nc(COC)n(C)c4cc3C(F)(F)F)c2)cc1C#N. The van der Waals surface area contributed by atoms with Gasteiger partial charge in [0.1, 0.15) is 18.5 Å². The summed E-state index contributed by atoms with van der Waals surface area (Å²) in [6, 6.07) is 14.4. The van der Waals surface area contributed by atoms with E-state index in [1.807, 2.05) is 6.07 Å². The lowest BCUT2D eigenvalue weighted by atomic mass is 9.97. The van der Waals surface area contributed by atoms with E-state index in [-0.39, 0.29) is 40.2 Å². The predicted molar refractivity (Wildman–Crippen MR) is 140 cm³/mol. The average molecular weight is 534 g/mol. The summed E-state index contributed by atoms with van der Waals surface area (Å²) in [6.45, 7) is 3.49. The molecule has 0 spiro atoms. The Hall–Kier alpha value is -4.95. The number of carbonyl (C=O) groups is 2. The maximum absolute atomic E-state index is 14.1. The smallest absolute Gasteiger partial charge is 0.377 e. The summed E-state index contributed by atoms with van der Waals surface area (Å²) in [7, 11) is 3.10. The van der Waals surface area contributed by atoms with E-state index < -0.39 is 23.6 Å². The minimum atomic E-state index is -4.65. The van der Waals surface area contributed by atoms with Crippen molar-refractivity contribution in [1.82, 2.24) is 9.55 Å². The van der Waals surface area contributed by atoms with E-state index in [0.717, 1.165) is 12.1 Å². The second-order valence-corrected chi connectivity index (χ2v) is 8.50. The molecule has 1 aromatic heterocycles. The summed E-state index contributed by atoms with van der Waals surface area (Å²) in [4.78, 5) is 28.9. The number of imidazole rings is 1. The van der Waals surface area contributed by atoms with Crippen LogP contribution in [0.1, 0.15) is 27.3 Å². The minimum absolute atomic E-state index is 0.0536. The van der Waals surface area contributed by atoms with Gasteiger partial charge in [0.15, 0.2) is 0 Å². The molecule has 0 atom stereocenters. The Labute approximate surface area is 221 Å². The fraction of sp³-hybridized carbons (Fsp3) is 0.143. The van der Waals surface area contributed by atoms with E-state index in [1.54, 1.807) is 11.6 Å². The normalized spacial score (nSPS) is 11.2. The first kappa shape index (κ1) is 27.1. The molecule has 0 aliphatic rings. The van der Waals surface area contributed by atoms with E-state index >= 15 is 0 Å². The second kappa shape index (κ2) is 10.8. The molecule has 11 heteroatoms. The number of anilines is 2. The lowest BCUT2D eigenvalue weighted by molar-refractivity contribution is -0.137. The molecule has 2 N–H and O–H groups in total. The standard InChI is InChI=1S/C28H22F3N5O3/c1-4-26(37)35-22-9-8-17(10-18(22)14-32)27(38)33-19-7-5-6-16(11-19)20-12-23-24(13-21(20)28(29,30)31)36(2)25(34-23)15-39-3/h4-13H,1,15H2,2-3H3,(H,33,38)(H,35,37). The van der Waals surface area contributed by atoms with Crippen molar-refractivity contribution in [2.24, 2.45) is 7.05 Å². The highest BCUT2D eigenvalue weighted by Gasteiger charge is 2.35. The number of nitrogens with zero attached hydrogens (tertiary/aromatic N) is 3. The van der Waals surface area contributed by atoms with Crippen molar-refractivity contribution in [1.29, 1.82) is 5.26 Å². The maximum Gasteiger partial charge on any atom is 0.417 e. The van der Waals surface area contributed by atoms with E-state index in [0.29, 0.717) is 16.9 Å². The fourth-order valence-corrected chi connectivity index (χ4v) is 4.06. The Morgan fingerprint density at radius 1 is 1.15 bits per heavy atom. The molecule has 0 saturated heterocycles. The van der Waals surface area contributed by atoms with Crippen LogP contribution in [-0.2, 0) is 29.4 Å². The van der Waals surface area contributed by atoms with Gasteiger partial charge in [0.2, 0.25) is 5.91 Å². The van der Waals surface area contributed by atoms with Gasteiger partial charge >= 0.3 is 6.18 Å². The maximum atomic E-state index is 14.1. The highest BCUT2D eigenvalue weighted by Crippen LogP contribution is 2.40. The van der Waals surface area contributed by atoms with Crippen LogP contribution >= 0.6 is 0 Å². The Kier molecular flexibility index (Phi) is 7.51. The van der Waals surface area contributed by atoms with Crippen LogP contribution < -0.4 is 10.6 Å². The molecule has 0 aliphatic carbocycles. The van der Waals surface area contributed by atoms with Gasteiger partial charge in [-0.25, -0.2) is 4.98 Å². The van der Waals surface area contributed by atoms with Crippen molar-refractivity contribution in [2.45, 2.75) is 12.8 Å². The minimum Gasteiger partial charge on any atom is -0.377 e. The van der Waals surface area contributed by atoms with Gasteiger partial charge in [-0.2, -0.15) is 18.4 Å². The topological polar surface area (TPSA) is 109 Å². The van der Waals surface area contributed by atoms with Crippen LogP contribution in [0.25, 0.3) is 22.2 Å². The number of aryl methyl sites for hydroxylation is 1. The van der Waals surface area contributed by atoms with Crippen LogP contribution in [-0.4, -0.2) is 28.5 Å². The lowest BCUT2D eigenvalue weighted by Gasteiger charge is -2.15. The first-order chi connectivity index (χ1) is 18.5. The Bertz CT molecular complexity index is 1650. The monoisotopic (exact) mass is 533 g/mol. The third-order valence-corrected chi connectivity index (χ3v) is 5.97. The number of hydrogen-bond acceptors (Lipinski definition) is 5. The predicted octanol–water partition coefficient (Wildman–Crippen LogP) is 5.65. The Balaban J connectivity index is 1.69. The molecule has 8 nitrogen and oxygen atoms in total. The van der Waals surface area contributed by atoms with Crippen molar-refractivity contribution in [3.63, 3.8) is 0 Å². The van der Waals surface area contributed by atoms with Gasteiger partial charge in [-0.05, 0) is 59.7 Å². The molecule has 2 amide bonds. The highest BCUT2D eigenvalue weighted by atomic mass is 19.4. The van der Waals surface area contributed by atoms with Gasteiger partial charge in [-0.3, -0.25) is 9.59 Å². The van der Waals surface area contributed by atoms with E-state index in [2.05, 4.69) is 22.2 Å². The summed E-state index contributed by atoms with van der Waals surface area (Å²) >= 11 is 0. The zero-order valence-corrected chi connectivity index (χ0v) is 20.9. The number of ether oxygens (including phenoxy) is 1. The molecule has 1 heterocycles. The third-order valence-electron chi connectivity index (χ3n) is 5.97. The van der Waals surface area contributed by atoms with Crippen LogP contribution in [0.4, 0.5) is 24.5 Å². The number of nitriles is 1. The van der Waals surface area contributed by atoms with Gasteiger partial charge in [-0.1, -0.05) is 18.7 Å². The molecule has 3 aromatic carbocycles. The third kappa shape index (κ3) is 5.66. The molecule has 0 saturated carbocycles. The quantitative estimate of drug-likeness (QED) is 0.298. The molecule has 4 rings (SSSR count). The number of alkyl halides is 3. The average Bonchev–Trinajstić information content (AvgIpc) is 3.22. The molecule has 0 bridgehead atoms. The van der Waals surface area contributed by atoms with Crippen LogP contribution in [0.15, 0.2) is 67.3 Å². The summed E-state index contributed by atoms with van der Waals surface area (Å²) in [5.74, 6) is -0.631. The number of rotatable bonds is 7. The van der Waals surface area contributed by atoms with Crippen LogP contribution in [0, 0.1) is 11.3 Å². The number of aromatic nitrogens is 2. The number of amides is 2. The Morgan fingerprint density at radius 2 is 1.92 bits per heavy atom. The lowest BCUT2D eigenvalue weighted by Crippen LogP contribution is -2.14. The zero-order chi connectivity index (χ0) is 28.3. The largest absolute Gasteiger partial charge is 0.417 e. The molecule has 0 fully saturated rings. The fourth-order valence-electron chi connectivity index (χ4n) is 4.06. The van der Waals surface area contributed by atoms with Crippen molar-refractivity contribution >= 4 is 34.2 Å². The molecular formula is C28H22F3N5O3. The zero-order valence-electron chi connectivity index (χ0n) is 20.9. The number of hydrogen-bond donors (Lipinski definition) is 2. The Morgan fingerprint density at radius 3 is 2.59 bits per heavy atom. The van der Waals surface area contributed by atoms with Crippen LogP contribution in [0.3, 0.4) is 0 Å². The first-order valence-electron chi connectivity index (χ1n) is 11.5. The molecule has 0 radical (unpaired) electrons. The summed E-state index contributed by atoms with van der Waals surface area (Å²) in [6.07, 6.45) is -3.60. The summed E-state index contributed by atoms with van der Waals surface area (Å²) in [5, 5.41) is 14.5. The van der Waals surface area contributed by atoms with Crippen molar-refractivity contribution in [3.05, 3.63) is 89.8 Å². The number of benzene rings is 3. The van der Waals surface area contributed by atoms with Gasteiger partial charge in [0, 0.05) is 25.4 Å². The van der Waals surface area contributed by atoms with Gasteiger partial charge in [-0.15, -0.1) is 0 Å². The molecule has 0 unspecified atom stereocenters. The number of methoxy groups -OCH3 is 1. The van der Waals surface area contributed by atoms with E-state index in [9.17, 15) is 28.0 Å². The number of halogens is 3. The molecule has 198 valence electrons. The van der Waals surface area contributed by atoms with Crippen molar-refractivity contribution in [3.8, 4) is 17.2 Å². The second-order valence-electron chi connectivity index (χ2n) is 8.50. The van der Waals surface area contributed by atoms with Crippen molar-refractivity contribution in [2.75, 3.05) is 17.7 Å². The number of nitrogens with one attached hydrogen (secondary N) is 2. The number of carbonyl (C=O) groups excluding carboxylic acids is 2. The van der Waals surface area contributed by atoms with E-state index in [1.165, 1.54) is 55.6 Å². The summed E-state index contributed by atoms with van der Waals surface area (Å²) < 4.78 is 49.0. The highest BCUT2D eigenvalue weighted by molar-refractivity contribution is 6.06. The van der Waals surface area contributed by atoms with Gasteiger partial charge in [0.25, 0.3) is 5.91 Å². The number of fused-ring (bicyclic) bond motifs is 1. The van der Waals surface area contributed by atoms with Crippen molar-refractivity contribution < 1.29 is 27.5 Å².